The number of amides is 1. The molecule has 7 heteroatoms. The third kappa shape index (κ3) is 2.76. The van der Waals surface area contributed by atoms with E-state index in [4.69, 9.17) is 11.5 Å². The van der Waals surface area contributed by atoms with E-state index in [9.17, 15) is 13.2 Å². The van der Waals surface area contributed by atoms with E-state index in [0.717, 1.165) is 5.56 Å². The molecule has 0 bridgehead atoms. The van der Waals surface area contributed by atoms with Crippen molar-refractivity contribution >= 4 is 21.7 Å². The molecule has 1 unspecified atom stereocenters. The summed E-state index contributed by atoms with van der Waals surface area (Å²) in [7, 11) is -3.34. The van der Waals surface area contributed by atoms with E-state index in [1.165, 1.54) is 6.07 Å². The fraction of sp³-hybridized carbons (Fsp3) is 0.333. The molecule has 1 atom stereocenters. The highest BCUT2D eigenvalue weighted by Crippen LogP contribution is 2.29. The maximum atomic E-state index is 12.1. The summed E-state index contributed by atoms with van der Waals surface area (Å²) in [6.07, 6.45) is 0.686. The Balaban J connectivity index is 2.50. The smallest absolute Gasteiger partial charge is 0.280 e. The second-order valence-electron chi connectivity index (χ2n) is 4.76. The van der Waals surface area contributed by atoms with Gasteiger partial charge < -0.3 is 11.5 Å². The molecule has 102 valence electrons. The van der Waals surface area contributed by atoms with E-state index < -0.39 is 15.7 Å². The summed E-state index contributed by atoms with van der Waals surface area (Å²) < 4.78 is 24.2. The van der Waals surface area contributed by atoms with Gasteiger partial charge in [0.2, 0.25) is 0 Å². The molecule has 1 aromatic rings. The third-order valence-corrected chi connectivity index (χ3v) is 5.01. The van der Waals surface area contributed by atoms with Crippen molar-refractivity contribution in [2.45, 2.75) is 18.2 Å². The van der Waals surface area contributed by atoms with Gasteiger partial charge in [-0.25, -0.2) is 8.42 Å². The van der Waals surface area contributed by atoms with E-state index in [-0.39, 0.29) is 28.1 Å². The number of nitrogens with two attached hydrogens (primary N) is 2. The summed E-state index contributed by atoms with van der Waals surface area (Å²) >= 11 is 0. The Morgan fingerprint density at radius 1 is 1.37 bits per heavy atom. The van der Waals surface area contributed by atoms with E-state index in [1.807, 2.05) is 6.92 Å². The predicted octanol–water partition coefficient (Wildman–Crippen LogP) is 0.0661. The van der Waals surface area contributed by atoms with Gasteiger partial charge in [0.05, 0.1) is 10.6 Å². The van der Waals surface area contributed by atoms with Crippen LogP contribution in [0.25, 0.3) is 0 Å². The lowest BCUT2D eigenvalue weighted by atomic mass is 10.0. The molecule has 1 aliphatic rings. The van der Waals surface area contributed by atoms with E-state index >= 15 is 0 Å². The molecular formula is C12H15N3O3S. The minimum absolute atomic E-state index is 0.0803. The van der Waals surface area contributed by atoms with E-state index in [1.54, 1.807) is 12.1 Å². The molecule has 0 saturated carbocycles. The first-order chi connectivity index (χ1) is 8.79. The molecule has 1 heterocycles. The second-order valence-corrected chi connectivity index (χ2v) is 6.76. The van der Waals surface area contributed by atoms with Crippen molar-refractivity contribution in [3.05, 3.63) is 29.3 Å². The first-order valence-electron chi connectivity index (χ1n) is 5.79. The molecule has 1 amide bonds. The van der Waals surface area contributed by atoms with Crippen molar-refractivity contribution in [3.8, 4) is 0 Å². The van der Waals surface area contributed by atoms with Crippen LogP contribution in [-0.2, 0) is 16.3 Å². The largest absolute Gasteiger partial charge is 0.370 e. The molecule has 0 spiro atoms. The van der Waals surface area contributed by atoms with Gasteiger partial charge in [0.25, 0.3) is 5.91 Å². The van der Waals surface area contributed by atoms with Crippen molar-refractivity contribution in [3.63, 3.8) is 0 Å². The Morgan fingerprint density at radius 2 is 2.05 bits per heavy atom. The number of guanidine groups is 1. The van der Waals surface area contributed by atoms with Crippen LogP contribution in [0.5, 0.6) is 0 Å². The molecule has 0 saturated heterocycles. The number of carbonyl (C=O) groups excluding carboxylic acids is 1. The van der Waals surface area contributed by atoms with Gasteiger partial charge in [-0.2, -0.15) is 4.99 Å². The number of sulfone groups is 1. The minimum Gasteiger partial charge on any atom is -0.370 e. The van der Waals surface area contributed by atoms with Gasteiger partial charge in [0.15, 0.2) is 15.8 Å². The molecular weight excluding hydrogens is 266 g/mol. The van der Waals surface area contributed by atoms with Crippen LogP contribution in [0, 0.1) is 5.92 Å². The Kier molecular flexibility index (Phi) is 3.32. The first-order valence-corrected chi connectivity index (χ1v) is 7.44. The van der Waals surface area contributed by atoms with Gasteiger partial charge >= 0.3 is 0 Å². The predicted molar refractivity (Wildman–Crippen MR) is 71.5 cm³/mol. The molecule has 0 radical (unpaired) electrons. The molecule has 19 heavy (non-hydrogen) atoms. The Hall–Kier alpha value is -1.89. The Morgan fingerprint density at radius 3 is 2.68 bits per heavy atom. The first kappa shape index (κ1) is 13.5. The molecule has 1 aliphatic heterocycles. The normalized spacial score (nSPS) is 20.4. The number of nitrogens with zero attached hydrogens (tertiary/aromatic N) is 1. The van der Waals surface area contributed by atoms with Gasteiger partial charge in [0.1, 0.15) is 0 Å². The van der Waals surface area contributed by atoms with E-state index in [2.05, 4.69) is 4.99 Å². The quantitative estimate of drug-likeness (QED) is 0.558. The summed E-state index contributed by atoms with van der Waals surface area (Å²) in [5, 5.41) is 0. The Bertz CT molecular complexity index is 661. The number of hydrogen-bond acceptors (Lipinski definition) is 3. The van der Waals surface area contributed by atoms with Crippen molar-refractivity contribution < 1.29 is 13.2 Å². The van der Waals surface area contributed by atoms with Gasteiger partial charge in [0, 0.05) is 5.56 Å². The number of hydrogen-bond donors (Lipinski definition) is 2. The molecule has 0 aliphatic carbocycles. The highest BCUT2D eigenvalue weighted by Gasteiger charge is 2.28. The maximum Gasteiger partial charge on any atom is 0.280 e. The lowest BCUT2D eigenvalue weighted by Gasteiger charge is -2.21. The monoisotopic (exact) mass is 281 g/mol. The lowest BCUT2D eigenvalue weighted by Crippen LogP contribution is -2.25. The highest BCUT2D eigenvalue weighted by atomic mass is 32.2. The van der Waals surface area contributed by atoms with Crippen molar-refractivity contribution in [2.24, 2.45) is 22.4 Å². The Labute approximate surface area is 111 Å². The van der Waals surface area contributed by atoms with Crippen LogP contribution in [0.3, 0.4) is 0 Å². The second kappa shape index (κ2) is 4.65. The molecule has 1 aromatic carbocycles. The molecule has 4 N–H and O–H groups in total. The average molecular weight is 281 g/mol. The zero-order chi connectivity index (χ0) is 14.2. The standard InChI is InChI=1S/C12H15N3O3S/c1-7-4-8-2-3-9(11(16)15-12(13)14)5-10(8)19(17,18)6-7/h2-3,5,7H,4,6H2,1H3,(H4,13,14,15,16). The maximum absolute atomic E-state index is 12.1. The minimum atomic E-state index is -3.34. The fourth-order valence-electron chi connectivity index (χ4n) is 2.23. The van der Waals surface area contributed by atoms with Crippen molar-refractivity contribution in [2.75, 3.05) is 5.75 Å². The van der Waals surface area contributed by atoms with Crippen LogP contribution in [0.4, 0.5) is 0 Å². The number of fused-ring (bicyclic) bond motifs is 1. The van der Waals surface area contributed by atoms with Crippen LogP contribution < -0.4 is 11.5 Å². The molecule has 6 nitrogen and oxygen atoms in total. The summed E-state index contributed by atoms with van der Waals surface area (Å²) in [5.41, 5.74) is 11.2. The molecule has 0 aromatic heterocycles. The van der Waals surface area contributed by atoms with Crippen LogP contribution in [0.1, 0.15) is 22.8 Å². The SMILES string of the molecule is CC1Cc2ccc(C(=O)N=C(N)N)cc2S(=O)(=O)C1. The number of benzene rings is 1. The van der Waals surface area contributed by atoms with Crippen LogP contribution in [-0.4, -0.2) is 26.0 Å². The van der Waals surface area contributed by atoms with Gasteiger partial charge in [-0.05, 0) is 30.0 Å². The number of aliphatic imine (C=N–C) groups is 1. The molecule has 2 rings (SSSR count). The zero-order valence-corrected chi connectivity index (χ0v) is 11.3. The summed E-state index contributed by atoms with van der Waals surface area (Å²) in [6, 6.07) is 4.55. The average Bonchev–Trinajstić information content (AvgIpc) is 2.26. The summed E-state index contributed by atoms with van der Waals surface area (Å²) in [4.78, 5) is 15.3. The topological polar surface area (TPSA) is 116 Å². The zero-order valence-electron chi connectivity index (χ0n) is 10.5. The summed E-state index contributed by atoms with van der Waals surface area (Å²) in [5.74, 6) is -0.812. The van der Waals surface area contributed by atoms with Crippen molar-refractivity contribution in [1.29, 1.82) is 0 Å². The third-order valence-electron chi connectivity index (χ3n) is 2.95. The van der Waals surface area contributed by atoms with Crippen molar-refractivity contribution in [1.82, 2.24) is 0 Å². The lowest BCUT2D eigenvalue weighted by molar-refractivity contribution is 0.100. The number of rotatable bonds is 1. The van der Waals surface area contributed by atoms with Crippen LogP contribution in [0.2, 0.25) is 0 Å². The highest BCUT2D eigenvalue weighted by molar-refractivity contribution is 7.91. The van der Waals surface area contributed by atoms with E-state index in [0.29, 0.717) is 6.42 Å². The van der Waals surface area contributed by atoms with Gasteiger partial charge in [-0.1, -0.05) is 13.0 Å². The van der Waals surface area contributed by atoms with Gasteiger partial charge in [-0.15, -0.1) is 0 Å². The number of carbonyl (C=O) groups is 1. The fourth-order valence-corrected chi connectivity index (χ4v) is 4.13. The molecule has 0 fully saturated rings. The van der Waals surface area contributed by atoms with Crippen LogP contribution >= 0.6 is 0 Å². The van der Waals surface area contributed by atoms with Gasteiger partial charge in [-0.3, -0.25) is 4.79 Å². The van der Waals surface area contributed by atoms with Crippen LogP contribution in [0.15, 0.2) is 28.1 Å². The summed E-state index contributed by atoms with van der Waals surface area (Å²) in [6.45, 7) is 1.89.